The van der Waals surface area contributed by atoms with E-state index < -0.39 is 10.0 Å². The fourth-order valence-corrected chi connectivity index (χ4v) is 3.65. The molecule has 0 bridgehead atoms. The molecule has 0 aliphatic rings. The first-order valence-electron chi connectivity index (χ1n) is 7.19. The number of ether oxygens (including phenoxy) is 1. The highest BCUT2D eigenvalue weighted by atomic mass is 32.2. The summed E-state index contributed by atoms with van der Waals surface area (Å²) in [5, 5.41) is 3.04. The summed E-state index contributed by atoms with van der Waals surface area (Å²) in [4.78, 5) is 0.377. The Morgan fingerprint density at radius 1 is 1.33 bits per heavy atom. The number of rotatable bonds is 9. The van der Waals surface area contributed by atoms with Crippen molar-refractivity contribution in [3.8, 4) is 0 Å². The summed E-state index contributed by atoms with van der Waals surface area (Å²) < 4.78 is 32.7. The second kappa shape index (κ2) is 8.48. The molecule has 0 heterocycles. The minimum absolute atomic E-state index is 0.135. The summed E-state index contributed by atoms with van der Waals surface area (Å²) in [5.41, 5.74) is 1.79. The zero-order valence-electron chi connectivity index (χ0n) is 13.3. The zero-order chi connectivity index (χ0) is 15.9. The van der Waals surface area contributed by atoms with E-state index >= 15 is 0 Å². The summed E-state index contributed by atoms with van der Waals surface area (Å²) in [6.07, 6.45) is 0.684. The Morgan fingerprint density at radius 3 is 2.62 bits per heavy atom. The van der Waals surface area contributed by atoms with Gasteiger partial charge in [-0.05, 0) is 36.6 Å². The third-order valence-corrected chi connectivity index (χ3v) is 4.76. The van der Waals surface area contributed by atoms with Gasteiger partial charge in [0.15, 0.2) is 0 Å². The van der Waals surface area contributed by atoms with E-state index in [4.69, 9.17) is 4.74 Å². The Hall–Kier alpha value is -0.950. The summed E-state index contributed by atoms with van der Waals surface area (Å²) in [6, 6.07) is 5.60. The highest BCUT2D eigenvalue weighted by molar-refractivity contribution is 7.89. The topological polar surface area (TPSA) is 67.4 Å². The third-order valence-electron chi connectivity index (χ3n) is 3.26. The van der Waals surface area contributed by atoms with Crippen molar-refractivity contribution in [3.63, 3.8) is 0 Å². The molecular formula is C15H26N2O3S. The fourth-order valence-electron chi connectivity index (χ4n) is 2.13. The fraction of sp³-hybridized carbons (Fsp3) is 0.600. The molecule has 0 radical (unpaired) electrons. The van der Waals surface area contributed by atoms with Crippen LogP contribution in [0.15, 0.2) is 23.1 Å². The van der Waals surface area contributed by atoms with Crippen LogP contribution in [0.1, 0.15) is 25.0 Å². The molecule has 2 N–H and O–H groups in total. The Morgan fingerprint density at radius 2 is 2.05 bits per heavy atom. The number of sulfonamides is 1. The quantitative estimate of drug-likeness (QED) is 0.725. The van der Waals surface area contributed by atoms with Crippen LogP contribution in [0.5, 0.6) is 0 Å². The molecule has 0 aliphatic carbocycles. The standard InChI is InChI=1S/C15H26N2O3S/c1-5-14-7-6-13(10-16-3)8-15(14)21(18,19)17-9-12(2)11-20-4/h6-8,12,16-17H,5,9-11H2,1-4H3. The normalized spacial score (nSPS) is 13.3. The Kier molecular flexibility index (Phi) is 7.31. The Balaban J connectivity index is 2.97. The second-order valence-electron chi connectivity index (χ2n) is 5.24. The molecule has 1 atom stereocenters. The maximum atomic E-state index is 12.5. The maximum Gasteiger partial charge on any atom is 0.240 e. The Bertz CT molecular complexity index is 544. The van der Waals surface area contributed by atoms with Crippen LogP contribution in [0.25, 0.3) is 0 Å². The number of nitrogens with one attached hydrogen (secondary N) is 2. The average molecular weight is 314 g/mol. The van der Waals surface area contributed by atoms with Crippen LogP contribution in [-0.4, -0.2) is 35.7 Å². The SMILES string of the molecule is CCc1ccc(CNC)cc1S(=O)(=O)NCC(C)COC. The van der Waals surface area contributed by atoms with Crippen molar-refractivity contribution in [3.05, 3.63) is 29.3 Å². The van der Waals surface area contributed by atoms with Gasteiger partial charge in [0, 0.05) is 26.8 Å². The lowest BCUT2D eigenvalue weighted by Crippen LogP contribution is -2.30. The van der Waals surface area contributed by atoms with Gasteiger partial charge >= 0.3 is 0 Å². The van der Waals surface area contributed by atoms with Crippen molar-refractivity contribution in [1.82, 2.24) is 10.0 Å². The van der Waals surface area contributed by atoms with Gasteiger partial charge in [0.1, 0.15) is 0 Å². The monoisotopic (exact) mass is 314 g/mol. The second-order valence-corrected chi connectivity index (χ2v) is 6.97. The molecule has 0 saturated carbocycles. The minimum Gasteiger partial charge on any atom is -0.384 e. The number of benzene rings is 1. The maximum absolute atomic E-state index is 12.5. The number of hydrogen-bond acceptors (Lipinski definition) is 4. The molecule has 1 rings (SSSR count). The molecule has 21 heavy (non-hydrogen) atoms. The van der Waals surface area contributed by atoms with E-state index in [9.17, 15) is 8.42 Å². The van der Waals surface area contributed by atoms with Crippen molar-refractivity contribution < 1.29 is 13.2 Å². The van der Waals surface area contributed by atoms with Gasteiger partial charge in [-0.15, -0.1) is 0 Å². The van der Waals surface area contributed by atoms with E-state index in [0.29, 0.717) is 31.0 Å². The average Bonchev–Trinajstić information content (AvgIpc) is 2.46. The lowest BCUT2D eigenvalue weighted by Gasteiger charge is -2.15. The number of hydrogen-bond donors (Lipinski definition) is 2. The summed E-state index contributed by atoms with van der Waals surface area (Å²) in [5.74, 6) is 0.135. The van der Waals surface area contributed by atoms with Crippen LogP contribution in [0.2, 0.25) is 0 Å². The van der Waals surface area contributed by atoms with Crippen molar-refractivity contribution in [1.29, 1.82) is 0 Å². The Labute approximate surface area is 128 Å². The largest absolute Gasteiger partial charge is 0.384 e. The van der Waals surface area contributed by atoms with E-state index in [2.05, 4.69) is 10.0 Å². The van der Waals surface area contributed by atoms with Crippen molar-refractivity contribution >= 4 is 10.0 Å². The molecule has 6 heteroatoms. The van der Waals surface area contributed by atoms with Crippen molar-refractivity contribution in [2.75, 3.05) is 27.3 Å². The first-order valence-corrected chi connectivity index (χ1v) is 8.67. The van der Waals surface area contributed by atoms with Crippen molar-refractivity contribution in [2.45, 2.75) is 31.7 Å². The highest BCUT2D eigenvalue weighted by Gasteiger charge is 2.19. The van der Waals surface area contributed by atoms with Gasteiger partial charge in [-0.2, -0.15) is 0 Å². The molecule has 1 aromatic rings. The van der Waals surface area contributed by atoms with Crippen LogP contribution >= 0.6 is 0 Å². The van der Waals surface area contributed by atoms with Gasteiger partial charge in [0.25, 0.3) is 0 Å². The van der Waals surface area contributed by atoms with Crippen LogP contribution < -0.4 is 10.0 Å². The summed E-state index contributed by atoms with van der Waals surface area (Å²) in [6.45, 7) is 5.45. The van der Waals surface area contributed by atoms with Gasteiger partial charge in [0.05, 0.1) is 4.90 Å². The lowest BCUT2D eigenvalue weighted by molar-refractivity contribution is 0.161. The van der Waals surface area contributed by atoms with E-state index in [1.807, 2.05) is 33.0 Å². The van der Waals surface area contributed by atoms with E-state index in [1.54, 1.807) is 13.2 Å². The van der Waals surface area contributed by atoms with Gasteiger partial charge in [-0.25, -0.2) is 13.1 Å². The molecule has 1 aromatic carbocycles. The first kappa shape index (κ1) is 18.1. The molecule has 5 nitrogen and oxygen atoms in total. The van der Waals surface area contributed by atoms with Crippen LogP contribution in [0.3, 0.4) is 0 Å². The molecule has 0 aliphatic heterocycles. The molecular weight excluding hydrogens is 288 g/mol. The molecule has 0 saturated heterocycles. The third kappa shape index (κ3) is 5.39. The number of aryl methyl sites for hydroxylation is 1. The summed E-state index contributed by atoms with van der Waals surface area (Å²) >= 11 is 0. The molecule has 0 spiro atoms. The van der Waals surface area contributed by atoms with Crippen LogP contribution in [-0.2, 0) is 27.7 Å². The van der Waals surface area contributed by atoms with Crippen LogP contribution in [0.4, 0.5) is 0 Å². The zero-order valence-corrected chi connectivity index (χ0v) is 14.1. The van der Waals surface area contributed by atoms with Crippen LogP contribution in [0, 0.1) is 5.92 Å². The predicted molar refractivity (Wildman–Crippen MR) is 84.8 cm³/mol. The van der Waals surface area contributed by atoms with E-state index in [1.165, 1.54) is 0 Å². The molecule has 1 unspecified atom stereocenters. The molecule has 0 fully saturated rings. The molecule has 0 aromatic heterocycles. The number of methoxy groups -OCH3 is 1. The van der Waals surface area contributed by atoms with Gasteiger partial charge in [-0.1, -0.05) is 26.0 Å². The van der Waals surface area contributed by atoms with E-state index in [-0.39, 0.29) is 5.92 Å². The highest BCUT2D eigenvalue weighted by Crippen LogP contribution is 2.19. The lowest BCUT2D eigenvalue weighted by atomic mass is 10.1. The predicted octanol–water partition coefficient (Wildman–Crippen LogP) is 1.53. The van der Waals surface area contributed by atoms with Crippen molar-refractivity contribution in [2.24, 2.45) is 5.92 Å². The molecule has 120 valence electrons. The minimum atomic E-state index is -3.49. The first-order chi connectivity index (χ1) is 9.94. The van der Waals surface area contributed by atoms with Gasteiger partial charge < -0.3 is 10.1 Å². The van der Waals surface area contributed by atoms with E-state index in [0.717, 1.165) is 11.1 Å². The summed E-state index contributed by atoms with van der Waals surface area (Å²) in [7, 11) is -0.0382. The van der Waals surface area contributed by atoms with Gasteiger partial charge in [0.2, 0.25) is 10.0 Å². The van der Waals surface area contributed by atoms with Gasteiger partial charge in [-0.3, -0.25) is 0 Å². The molecule has 0 amide bonds. The smallest absolute Gasteiger partial charge is 0.240 e.